The zero-order chi connectivity index (χ0) is 22.4. The number of ether oxygens (including phenoxy) is 4. The molecule has 1 fully saturated rings. The molecule has 5 atom stereocenters. The van der Waals surface area contributed by atoms with E-state index in [0.29, 0.717) is 0 Å². The van der Waals surface area contributed by atoms with Crippen LogP contribution in [0.5, 0.6) is 0 Å². The van der Waals surface area contributed by atoms with Crippen LogP contribution in [0, 0.1) is 0 Å². The highest BCUT2D eigenvalue weighted by molar-refractivity contribution is 7.85. The van der Waals surface area contributed by atoms with E-state index in [4.69, 9.17) is 20.3 Å². The molecule has 0 spiro atoms. The molecule has 160 valence electrons. The molecule has 13 heteroatoms. The number of esters is 3. The van der Waals surface area contributed by atoms with Crippen LogP contribution in [0.3, 0.4) is 0 Å². The normalized spacial score (nSPS) is 27.9. The van der Waals surface area contributed by atoms with Gasteiger partial charge in [0.2, 0.25) is 12.2 Å². The van der Waals surface area contributed by atoms with Crippen molar-refractivity contribution >= 4 is 33.9 Å². The highest BCUT2D eigenvalue weighted by atomic mass is 32.2. The lowest BCUT2D eigenvalue weighted by Crippen LogP contribution is -2.66. The molecule has 0 aliphatic carbocycles. The van der Waals surface area contributed by atoms with Gasteiger partial charge in [0.1, 0.15) is 12.1 Å². The predicted octanol–water partition coefficient (Wildman–Crippen LogP) is -1.38. The van der Waals surface area contributed by atoms with Crippen molar-refractivity contribution in [1.82, 2.24) is 5.32 Å². The van der Waals surface area contributed by atoms with Crippen LogP contribution in [0.1, 0.15) is 29.0 Å². The van der Waals surface area contributed by atoms with Crippen LogP contribution >= 0.6 is 0 Å². The molecule has 1 saturated heterocycles. The zero-order valence-electron chi connectivity index (χ0n) is 16.7. The standard InChI is InChI=1S/C15H23NO11S/c1-7(17)16-12-14(25-9(3)19)13(24-8(2)18)11(6-23-28(5,21)22)27-15(12)26-10(4)20/h11-15H,6H2,1-5H3,(H,16,17)/t11-,12-,13+,14-,15?/m1/s1/i1D. The van der Waals surface area contributed by atoms with E-state index in [-0.39, 0.29) is 0 Å². The van der Waals surface area contributed by atoms with Crippen LogP contribution in [-0.2, 0) is 52.4 Å². The maximum atomic E-state index is 11.8. The second-order valence-corrected chi connectivity index (χ2v) is 7.53. The average Bonchev–Trinajstić information content (AvgIpc) is 2.56. The van der Waals surface area contributed by atoms with Gasteiger partial charge in [-0.05, 0) is 0 Å². The lowest BCUT2D eigenvalue weighted by Gasteiger charge is -2.44. The van der Waals surface area contributed by atoms with Gasteiger partial charge in [-0.15, -0.1) is 0 Å². The zero-order valence-corrected chi connectivity index (χ0v) is 16.5. The number of amides is 1. The average molecular weight is 426 g/mol. The minimum absolute atomic E-state index is 0.661. The van der Waals surface area contributed by atoms with E-state index in [2.05, 4.69) is 9.50 Å². The van der Waals surface area contributed by atoms with Crippen molar-refractivity contribution in [2.24, 2.45) is 0 Å². The molecule has 0 aromatic carbocycles. The second kappa shape index (κ2) is 9.80. The fourth-order valence-electron chi connectivity index (χ4n) is 2.50. The molecular weight excluding hydrogens is 402 g/mol. The van der Waals surface area contributed by atoms with Crippen LogP contribution in [-0.4, -0.2) is 75.7 Å². The Morgan fingerprint density at radius 2 is 1.54 bits per heavy atom. The van der Waals surface area contributed by atoms with Crippen LogP contribution in [0.2, 0.25) is 0 Å². The number of carbonyl (C=O) groups is 4. The molecule has 1 aliphatic rings. The van der Waals surface area contributed by atoms with Gasteiger partial charge < -0.3 is 24.3 Å². The molecule has 1 N–H and O–H groups in total. The first-order chi connectivity index (χ1) is 13.3. The molecule has 0 radical (unpaired) electrons. The van der Waals surface area contributed by atoms with E-state index in [1.165, 1.54) is 0 Å². The number of hydrogen-bond donors (Lipinski definition) is 1. The molecule has 1 aliphatic heterocycles. The summed E-state index contributed by atoms with van der Waals surface area (Å²) in [5, 5.41) is 2.32. The van der Waals surface area contributed by atoms with Gasteiger partial charge in [-0.3, -0.25) is 23.4 Å². The maximum absolute atomic E-state index is 11.8. The number of hydrogen-bond acceptors (Lipinski definition) is 11. The van der Waals surface area contributed by atoms with Crippen molar-refractivity contribution in [3.8, 4) is 0 Å². The van der Waals surface area contributed by atoms with Gasteiger partial charge in [-0.25, -0.2) is 0 Å². The van der Waals surface area contributed by atoms with E-state index < -0.39 is 78.1 Å². The Kier molecular flexibility index (Phi) is 7.71. The Bertz CT molecular complexity index is 741. The van der Waals surface area contributed by atoms with Gasteiger partial charge >= 0.3 is 17.9 Å². The van der Waals surface area contributed by atoms with Gasteiger partial charge in [0.05, 0.1) is 12.9 Å². The molecule has 0 aromatic rings. The van der Waals surface area contributed by atoms with Crippen molar-refractivity contribution < 1.29 is 52.1 Å². The van der Waals surface area contributed by atoms with E-state index in [9.17, 15) is 27.6 Å². The number of nitrogens with one attached hydrogen (secondary N) is 1. The van der Waals surface area contributed by atoms with E-state index in [0.717, 1.165) is 27.0 Å². The fourth-order valence-corrected chi connectivity index (χ4v) is 2.88. The van der Waals surface area contributed by atoms with E-state index in [1.807, 2.05) is 0 Å². The van der Waals surface area contributed by atoms with Gasteiger partial charge in [-0.1, -0.05) is 0 Å². The Hall–Kier alpha value is -2.25. The summed E-state index contributed by atoms with van der Waals surface area (Å²) in [4.78, 5) is 46.4. The van der Waals surface area contributed by atoms with E-state index >= 15 is 0 Å². The summed E-state index contributed by atoms with van der Waals surface area (Å²) >= 11 is 0. The first kappa shape index (κ1) is 22.0. The molecule has 28 heavy (non-hydrogen) atoms. The van der Waals surface area contributed by atoms with Crippen LogP contribution in [0.4, 0.5) is 0 Å². The van der Waals surface area contributed by atoms with Crippen molar-refractivity contribution in [3.05, 3.63) is 0 Å². The Morgan fingerprint density at radius 3 is 2.00 bits per heavy atom. The summed E-state index contributed by atoms with van der Waals surface area (Å²) in [7, 11) is -3.92. The smallest absolute Gasteiger partial charge is 0.305 e. The van der Waals surface area contributed by atoms with Crippen molar-refractivity contribution in [1.29, 1.82) is 0 Å². The van der Waals surface area contributed by atoms with Crippen LogP contribution in [0.25, 0.3) is 0 Å². The largest absolute Gasteiger partial charge is 0.456 e. The molecule has 12 nitrogen and oxygen atoms in total. The Labute approximate surface area is 163 Å². The molecular formula is C15H23NO11S. The first-order valence-corrected chi connectivity index (χ1v) is 9.75. The molecule has 1 rings (SSSR count). The summed E-state index contributed by atoms with van der Waals surface area (Å²) in [6, 6.07) is -1.35. The fraction of sp³-hybridized carbons (Fsp3) is 0.733. The molecule has 0 saturated carbocycles. The van der Waals surface area contributed by atoms with Gasteiger partial charge in [0, 0.05) is 29.0 Å². The van der Waals surface area contributed by atoms with Crippen molar-refractivity contribution in [2.75, 3.05) is 12.9 Å². The molecule has 1 unspecified atom stereocenters. The summed E-state index contributed by atoms with van der Waals surface area (Å²) in [6.45, 7) is 1.79. The summed E-state index contributed by atoms with van der Waals surface area (Å²) in [6.07, 6.45) is -4.96. The minimum Gasteiger partial charge on any atom is -0.456 e. The Morgan fingerprint density at radius 1 is 1.00 bits per heavy atom. The van der Waals surface area contributed by atoms with Crippen molar-refractivity contribution in [3.63, 3.8) is 0 Å². The van der Waals surface area contributed by atoms with Gasteiger partial charge in [0.15, 0.2) is 12.2 Å². The highest BCUT2D eigenvalue weighted by Crippen LogP contribution is 2.28. The number of carbonyl (C=O) groups excluding carboxylic acids is 4. The quantitative estimate of drug-likeness (QED) is 0.290. The molecule has 0 aromatic heterocycles. The Balaban J connectivity index is 3.35. The third-order valence-corrected chi connectivity index (χ3v) is 3.87. The summed E-state index contributed by atoms with van der Waals surface area (Å²) in [5.41, 5.74) is 0. The van der Waals surface area contributed by atoms with Crippen molar-refractivity contribution in [2.45, 2.75) is 58.3 Å². The topological polar surface area (TPSA) is 161 Å². The highest BCUT2D eigenvalue weighted by Gasteiger charge is 2.52. The lowest BCUT2D eigenvalue weighted by molar-refractivity contribution is -0.268. The monoisotopic (exact) mass is 426 g/mol. The lowest BCUT2D eigenvalue weighted by atomic mass is 9.96. The third-order valence-electron chi connectivity index (χ3n) is 3.31. The van der Waals surface area contributed by atoms with Crippen LogP contribution < -0.4 is 5.32 Å². The third kappa shape index (κ3) is 7.78. The predicted molar refractivity (Wildman–Crippen MR) is 89.9 cm³/mol. The molecule has 1 heterocycles. The van der Waals surface area contributed by atoms with Gasteiger partial charge in [-0.2, -0.15) is 8.42 Å². The van der Waals surface area contributed by atoms with E-state index in [1.54, 1.807) is 0 Å². The SMILES string of the molecule is [2H]CC(=O)N[C@H]1C(OC(C)=O)O[C@H](COS(C)(=O)=O)[C@H](OC(C)=O)[C@@H]1OC(C)=O. The molecule has 1 amide bonds. The van der Waals surface area contributed by atoms with Crippen LogP contribution in [0.15, 0.2) is 0 Å². The second-order valence-electron chi connectivity index (χ2n) is 5.88. The summed E-state index contributed by atoms with van der Waals surface area (Å²) < 4.78 is 55.3. The maximum Gasteiger partial charge on any atom is 0.305 e. The van der Waals surface area contributed by atoms with Gasteiger partial charge in [0.25, 0.3) is 10.1 Å². The molecule has 0 bridgehead atoms. The first-order valence-electron chi connectivity index (χ1n) is 8.65. The minimum atomic E-state index is -3.92. The summed E-state index contributed by atoms with van der Waals surface area (Å²) in [5.74, 6) is -3.30. The number of rotatable bonds is 7.